The lowest BCUT2D eigenvalue weighted by Gasteiger charge is -2.58. The van der Waals surface area contributed by atoms with Crippen molar-refractivity contribution >= 4 is 17.1 Å². The van der Waals surface area contributed by atoms with Gasteiger partial charge in [-0.2, -0.15) is 5.10 Å². The summed E-state index contributed by atoms with van der Waals surface area (Å²) in [5.41, 5.74) is 4.49. The van der Waals surface area contributed by atoms with Crippen molar-refractivity contribution in [3.8, 4) is 0 Å². The number of rotatable bonds is 4. The van der Waals surface area contributed by atoms with Crippen LogP contribution in [0.15, 0.2) is 48.7 Å². The van der Waals surface area contributed by atoms with Gasteiger partial charge in [0, 0.05) is 50.0 Å². The van der Waals surface area contributed by atoms with Crippen LogP contribution in [0, 0.1) is 12.3 Å². The molecule has 0 atom stereocenters. The second-order valence-electron chi connectivity index (χ2n) is 7.97. The Labute approximate surface area is 162 Å². The second kappa shape index (κ2) is 6.31. The van der Waals surface area contributed by atoms with E-state index in [-0.39, 0.29) is 11.3 Å². The summed E-state index contributed by atoms with van der Waals surface area (Å²) in [6.45, 7) is 5.24. The molecule has 1 aromatic carbocycles. The molecule has 6 nitrogen and oxygen atoms in total. The Morgan fingerprint density at radius 1 is 1.14 bits per heavy atom. The normalized spacial score (nSPS) is 18.1. The lowest BCUT2D eigenvalue weighted by Crippen LogP contribution is -2.70. The van der Waals surface area contributed by atoms with E-state index < -0.39 is 0 Å². The molecule has 144 valence electrons. The van der Waals surface area contributed by atoms with Crippen LogP contribution in [0.1, 0.15) is 21.6 Å². The number of benzene rings is 1. The summed E-state index contributed by atoms with van der Waals surface area (Å²) >= 11 is 0. The van der Waals surface area contributed by atoms with Gasteiger partial charge < -0.3 is 10.2 Å². The molecule has 0 aliphatic carbocycles. The quantitative estimate of drug-likeness (QED) is 0.708. The molecule has 0 radical (unpaired) electrons. The van der Waals surface area contributed by atoms with Crippen LogP contribution in [0.2, 0.25) is 0 Å². The molecule has 28 heavy (non-hydrogen) atoms. The first-order valence-corrected chi connectivity index (χ1v) is 9.50. The van der Waals surface area contributed by atoms with Crippen LogP contribution in [-0.4, -0.2) is 46.8 Å². The SMILES string of the molecule is Cc1nn2ccccc2c1C(=O)NCc1ccc(N2CC3(CN(F)C3)C2)cc1. The lowest BCUT2D eigenvalue weighted by molar-refractivity contribution is -0.144. The van der Waals surface area contributed by atoms with E-state index in [9.17, 15) is 9.28 Å². The van der Waals surface area contributed by atoms with Crippen LogP contribution in [-0.2, 0) is 6.54 Å². The Morgan fingerprint density at radius 3 is 2.61 bits per heavy atom. The third kappa shape index (κ3) is 2.82. The molecule has 0 saturated carbocycles. The summed E-state index contributed by atoms with van der Waals surface area (Å²) < 4.78 is 14.7. The van der Waals surface area contributed by atoms with Crippen molar-refractivity contribution in [1.82, 2.24) is 20.1 Å². The number of nitrogens with zero attached hydrogens (tertiary/aromatic N) is 4. The van der Waals surface area contributed by atoms with Crippen molar-refractivity contribution in [3.05, 3.63) is 65.5 Å². The van der Waals surface area contributed by atoms with Gasteiger partial charge in [0.05, 0.1) is 16.8 Å². The first-order valence-electron chi connectivity index (χ1n) is 9.50. The smallest absolute Gasteiger partial charge is 0.255 e. The van der Waals surface area contributed by atoms with Gasteiger partial charge in [-0.25, -0.2) is 4.52 Å². The molecule has 3 aromatic rings. The fraction of sp³-hybridized carbons (Fsp3) is 0.333. The number of carbonyl (C=O) groups is 1. The first-order chi connectivity index (χ1) is 13.5. The molecule has 1 amide bonds. The molecule has 7 heteroatoms. The van der Waals surface area contributed by atoms with Gasteiger partial charge in [0.15, 0.2) is 0 Å². The Bertz CT molecular complexity index is 1030. The molecule has 2 aliphatic rings. The Kier molecular flexibility index (Phi) is 3.87. The van der Waals surface area contributed by atoms with E-state index in [1.807, 2.05) is 43.5 Å². The summed E-state index contributed by atoms with van der Waals surface area (Å²) in [7, 11) is 0. The predicted octanol–water partition coefficient (Wildman–Crippen LogP) is 2.58. The number of fused-ring (bicyclic) bond motifs is 1. The minimum atomic E-state index is -0.117. The zero-order valence-electron chi connectivity index (χ0n) is 15.7. The molecule has 1 N–H and O–H groups in total. The van der Waals surface area contributed by atoms with E-state index in [4.69, 9.17) is 0 Å². The second-order valence-corrected chi connectivity index (χ2v) is 7.97. The van der Waals surface area contributed by atoms with Crippen molar-refractivity contribution in [1.29, 1.82) is 0 Å². The lowest BCUT2D eigenvalue weighted by atomic mass is 9.74. The number of pyridine rings is 1. The third-order valence-electron chi connectivity index (χ3n) is 5.76. The number of hydrogen-bond donors (Lipinski definition) is 1. The summed E-state index contributed by atoms with van der Waals surface area (Å²) in [4.78, 5) is 15.0. The van der Waals surface area contributed by atoms with Gasteiger partial charge in [-0.1, -0.05) is 18.2 Å². The molecular weight excluding hydrogens is 357 g/mol. The maximum Gasteiger partial charge on any atom is 0.255 e. The highest BCUT2D eigenvalue weighted by molar-refractivity contribution is 6.01. The van der Waals surface area contributed by atoms with Crippen LogP contribution >= 0.6 is 0 Å². The third-order valence-corrected chi connectivity index (χ3v) is 5.76. The maximum atomic E-state index is 13.0. The van der Waals surface area contributed by atoms with E-state index in [0.717, 1.165) is 35.0 Å². The fourth-order valence-corrected chi connectivity index (χ4v) is 4.32. The van der Waals surface area contributed by atoms with E-state index in [0.29, 0.717) is 30.9 Å². The molecule has 1 spiro atoms. The zero-order chi connectivity index (χ0) is 19.3. The van der Waals surface area contributed by atoms with E-state index in [2.05, 4.69) is 27.4 Å². The monoisotopic (exact) mass is 379 g/mol. The number of carbonyl (C=O) groups excluding carboxylic acids is 1. The van der Waals surface area contributed by atoms with Crippen LogP contribution in [0.25, 0.3) is 5.52 Å². The number of hydrogen-bond acceptors (Lipinski definition) is 4. The number of aromatic nitrogens is 2. The maximum absolute atomic E-state index is 13.0. The molecule has 5 rings (SSSR count). The van der Waals surface area contributed by atoms with E-state index in [1.54, 1.807) is 4.52 Å². The van der Waals surface area contributed by atoms with Crippen molar-refractivity contribution in [2.24, 2.45) is 5.41 Å². The van der Waals surface area contributed by atoms with Gasteiger partial charge in [-0.05, 0) is 36.8 Å². The average molecular weight is 379 g/mol. The number of halogens is 1. The van der Waals surface area contributed by atoms with Gasteiger partial charge >= 0.3 is 0 Å². The standard InChI is InChI=1S/C21H22FN5O/c1-15-19(18-4-2-3-9-27(18)24-15)20(28)23-10-16-5-7-17(8-6-16)25-11-21(12-25)13-26(22)14-21/h2-9H,10-14H2,1H3,(H,23,28). The van der Waals surface area contributed by atoms with Gasteiger partial charge in [0.1, 0.15) is 0 Å². The van der Waals surface area contributed by atoms with Crippen LogP contribution < -0.4 is 10.2 Å². The molecule has 2 aromatic heterocycles. The van der Waals surface area contributed by atoms with Crippen LogP contribution in [0.5, 0.6) is 0 Å². The minimum absolute atomic E-state index is 0.117. The molecule has 4 heterocycles. The molecule has 2 fully saturated rings. The van der Waals surface area contributed by atoms with Gasteiger partial charge in [0.25, 0.3) is 5.91 Å². The van der Waals surface area contributed by atoms with E-state index in [1.165, 1.54) is 0 Å². The minimum Gasteiger partial charge on any atom is -0.370 e. The molecule has 2 saturated heterocycles. The van der Waals surface area contributed by atoms with Crippen LogP contribution in [0.3, 0.4) is 0 Å². The molecule has 0 unspecified atom stereocenters. The van der Waals surface area contributed by atoms with Gasteiger partial charge in [0.2, 0.25) is 0 Å². The predicted molar refractivity (Wildman–Crippen MR) is 105 cm³/mol. The Balaban J connectivity index is 1.21. The Hall–Kier alpha value is -2.93. The van der Waals surface area contributed by atoms with Crippen molar-refractivity contribution < 1.29 is 9.28 Å². The summed E-state index contributed by atoms with van der Waals surface area (Å²) in [6.07, 6.45) is 1.84. The number of amides is 1. The highest BCUT2D eigenvalue weighted by Crippen LogP contribution is 2.41. The highest BCUT2D eigenvalue weighted by Gasteiger charge is 2.52. The average Bonchev–Trinajstić information content (AvgIpc) is 2.98. The summed E-state index contributed by atoms with van der Waals surface area (Å²) in [5.74, 6) is -0.117. The first kappa shape index (κ1) is 17.2. The molecule has 2 aliphatic heterocycles. The fourth-order valence-electron chi connectivity index (χ4n) is 4.32. The van der Waals surface area contributed by atoms with Crippen molar-refractivity contribution in [3.63, 3.8) is 0 Å². The molecular formula is C21H22FN5O. The topological polar surface area (TPSA) is 52.9 Å². The van der Waals surface area contributed by atoms with Gasteiger partial charge in [-0.3, -0.25) is 4.79 Å². The summed E-state index contributed by atoms with van der Waals surface area (Å²) in [6, 6.07) is 13.9. The van der Waals surface area contributed by atoms with Crippen molar-refractivity contribution in [2.45, 2.75) is 13.5 Å². The van der Waals surface area contributed by atoms with Crippen molar-refractivity contribution in [2.75, 3.05) is 31.1 Å². The van der Waals surface area contributed by atoms with Crippen LogP contribution in [0.4, 0.5) is 10.2 Å². The molecule has 0 bridgehead atoms. The number of aryl methyl sites for hydroxylation is 1. The number of anilines is 1. The number of nitrogens with one attached hydrogen (secondary N) is 1. The van der Waals surface area contributed by atoms with Gasteiger partial charge in [-0.15, -0.1) is 9.60 Å². The highest BCUT2D eigenvalue weighted by atomic mass is 19.2. The van der Waals surface area contributed by atoms with E-state index >= 15 is 0 Å². The summed E-state index contributed by atoms with van der Waals surface area (Å²) in [5, 5.41) is 8.27. The zero-order valence-corrected chi connectivity index (χ0v) is 15.7. The largest absolute Gasteiger partial charge is 0.370 e. The Morgan fingerprint density at radius 2 is 1.89 bits per heavy atom.